The number of thiazole rings is 1. The Kier molecular flexibility index (Phi) is 4.65. The lowest BCUT2D eigenvalue weighted by Gasteiger charge is -2.06. The second-order valence-electron chi connectivity index (χ2n) is 4.44. The molecule has 5 nitrogen and oxygen atoms in total. The van der Waals surface area contributed by atoms with Crippen LogP contribution in [-0.2, 0) is 6.18 Å². The first kappa shape index (κ1) is 17.0. The predicted molar refractivity (Wildman–Crippen MR) is 88.1 cm³/mol. The van der Waals surface area contributed by atoms with E-state index in [0.717, 1.165) is 23.7 Å². The zero-order valence-corrected chi connectivity index (χ0v) is 14.7. The van der Waals surface area contributed by atoms with Crippen LogP contribution in [0.25, 0.3) is 11.4 Å². The Bertz CT molecular complexity index is 893. The number of nitrogens with zero attached hydrogens (tertiary/aromatic N) is 3. The van der Waals surface area contributed by atoms with Gasteiger partial charge in [-0.2, -0.15) is 22.5 Å². The topological polar surface area (TPSA) is 67.8 Å². The summed E-state index contributed by atoms with van der Waals surface area (Å²) in [5.41, 5.74) is -0.353. The van der Waals surface area contributed by atoms with E-state index >= 15 is 0 Å². The van der Waals surface area contributed by atoms with Gasteiger partial charge >= 0.3 is 6.18 Å². The molecule has 0 spiro atoms. The van der Waals surface area contributed by atoms with E-state index in [1.165, 1.54) is 23.5 Å². The summed E-state index contributed by atoms with van der Waals surface area (Å²) in [4.78, 5) is 20.0. The van der Waals surface area contributed by atoms with Crippen LogP contribution in [0.1, 0.15) is 16.1 Å². The molecule has 1 N–H and O–H groups in total. The second-order valence-corrected chi connectivity index (χ2v) is 7.33. The molecule has 2 heterocycles. The van der Waals surface area contributed by atoms with E-state index < -0.39 is 17.6 Å². The number of carbonyl (C=O) groups is 1. The maximum absolute atomic E-state index is 12.7. The predicted octanol–water partition coefficient (Wildman–Crippen LogP) is 4.70. The summed E-state index contributed by atoms with van der Waals surface area (Å²) in [7, 11) is 0. The minimum Gasteiger partial charge on any atom is -0.295 e. The number of rotatable bonds is 3. The van der Waals surface area contributed by atoms with Crippen LogP contribution in [0.15, 0.2) is 33.6 Å². The molecule has 1 amide bonds. The van der Waals surface area contributed by atoms with Gasteiger partial charge in [0.2, 0.25) is 5.13 Å². The highest BCUT2D eigenvalue weighted by molar-refractivity contribution is 9.11. The summed E-state index contributed by atoms with van der Waals surface area (Å²) < 4.78 is 42.8. The summed E-state index contributed by atoms with van der Waals surface area (Å²) in [5, 5.41) is 4.25. The number of amides is 1. The van der Waals surface area contributed by atoms with Gasteiger partial charge in [-0.15, -0.1) is 11.3 Å². The van der Waals surface area contributed by atoms with Crippen LogP contribution >= 0.6 is 38.8 Å². The van der Waals surface area contributed by atoms with Crippen LogP contribution in [0.2, 0.25) is 0 Å². The molecule has 3 aromatic rings. The van der Waals surface area contributed by atoms with Gasteiger partial charge in [0.1, 0.15) is 5.69 Å². The van der Waals surface area contributed by atoms with Gasteiger partial charge in [0.15, 0.2) is 9.74 Å². The van der Waals surface area contributed by atoms with Gasteiger partial charge in [0.05, 0.1) is 5.56 Å². The maximum atomic E-state index is 12.7. The van der Waals surface area contributed by atoms with Crippen molar-refractivity contribution in [1.29, 1.82) is 0 Å². The third kappa shape index (κ3) is 3.79. The fraction of sp³-hybridized carbons (Fsp3) is 0.0769. The molecular weight excluding hydrogens is 429 g/mol. The molecule has 0 fully saturated rings. The van der Waals surface area contributed by atoms with Crippen LogP contribution in [0.4, 0.5) is 18.3 Å². The van der Waals surface area contributed by atoms with Crippen molar-refractivity contribution in [2.24, 2.45) is 0 Å². The number of carbonyl (C=O) groups excluding carboxylic acids is 1. The lowest BCUT2D eigenvalue weighted by molar-refractivity contribution is -0.137. The van der Waals surface area contributed by atoms with E-state index in [0.29, 0.717) is 3.92 Å². The van der Waals surface area contributed by atoms with Crippen LogP contribution in [-0.4, -0.2) is 20.2 Å². The molecule has 0 radical (unpaired) electrons. The smallest absolute Gasteiger partial charge is 0.295 e. The molecule has 0 bridgehead atoms. The number of halogens is 4. The standard InChI is InChI=1S/C13H6BrF3N4OS2/c14-11-18-8(5-23-11)10(22)20-12-19-9(21-24-12)6-2-1-3-7(4-6)13(15,16)17/h1-5H,(H,19,20,21,22). The van der Waals surface area contributed by atoms with Gasteiger partial charge in [-0.25, -0.2) is 4.98 Å². The van der Waals surface area contributed by atoms with E-state index in [9.17, 15) is 18.0 Å². The largest absolute Gasteiger partial charge is 0.416 e. The van der Waals surface area contributed by atoms with Crippen LogP contribution in [0.5, 0.6) is 0 Å². The van der Waals surface area contributed by atoms with E-state index in [-0.39, 0.29) is 22.2 Å². The summed E-state index contributed by atoms with van der Waals surface area (Å²) in [6.07, 6.45) is -4.44. The monoisotopic (exact) mass is 434 g/mol. The van der Waals surface area contributed by atoms with E-state index in [1.807, 2.05) is 0 Å². The van der Waals surface area contributed by atoms with Gasteiger partial charge < -0.3 is 0 Å². The Labute approximate surface area is 149 Å². The van der Waals surface area contributed by atoms with Gasteiger partial charge in [0.25, 0.3) is 5.91 Å². The Morgan fingerprint density at radius 1 is 1.25 bits per heavy atom. The number of nitrogens with one attached hydrogen (secondary N) is 1. The molecule has 0 saturated heterocycles. The fourth-order valence-corrected chi connectivity index (χ4v) is 3.32. The first-order valence-electron chi connectivity index (χ1n) is 6.26. The van der Waals surface area contributed by atoms with E-state index in [4.69, 9.17) is 0 Å². The quantitative estimate of drug-likeness (QED) is 0.648. The van der Waals surface area contributed by atoms with Crippen molar-refractivity contribution in [2.75, 3.05) is 5.32 Å². The molecule has 3 rings (SSSR count). The van der Waals surface area contributed by atoms with Gasteiger partial charge in [-0.1, -0.05) is 12.1 Å². The highest BCUT2D eigenvalue weighted by Crippen LogP contribution is 2.32. The maximum Gasteiger partial charge on any atom is 0.416 e. The van der Waals surface area contributed by atoms with Crippen molar-refractivity contribution in [3.63, 3.8) is 0 Å². The molecule has 0 unspecified atom stereocenters. The second kappa shape index (κ2) is 6.57. The summed E-state index contributed by atoms with van der Waals surface area (Å²) in [6, 6.07) is 4.69. The number of hydrogen-bond acceptors (Lipinski definition) is 6. The molecule has 0 aliphatic carbocycles. The number of aromatic nitrogens is 3. The molecular formula is C13H6BrF3N4OS2. The Morgan fingerprint density at radius 2 is 2.04 bits per heavy atom. The Hall–Kier alpha value is -1.85. The normalized spacial score (nSPS) is 11.5. The van der Waals surface area contributed by atoms with Crippen LogP contribution in [0.3, 0.4) is 0 Å². The molecule has 11 heteroatoms. The zero-order valence-electron chi connectivity index (χ0n) is 11.5. The van der Waals surface area contributed by atoms with Crippen molar-refractivity contribution < 1.29 is 18.0 Å². The number of anilines is 1. The van der Waals surface area contributed by atoms with Gasteiger partial charge in [-0.05, 0) is 28.1 Å². The first-order chi connectivity index (χ1) is 11.3. The summed E-state index contributed by atoms with van der Waals surface area (Å²) in [5.74, 6) is -0.357. The number of alkyl halides is 3. The first-order valence-corrected chi connectivity index (χ1v) is 8.71. The lowest BCUT2D eigenvalue weighted by atomic mass is 10.1. The SMILES string of the molecule is O=C(Nc1nc(-c2cccc(C(F)(F)F)c2)ns1)c1csc(Br)n1. The van der Waals surface area contributed by atoms with E-state index in [2.05, 4.69) is 35.6 Å². The molecule has 0 aliphatic rings. The van der Waals surface area contributed by atoms with E-state index in [1.54, 1.807) is 5.38 Å². The molecule has 1 aromatic carbocycles. The third-order valence-electron chi connectivity index (χ3n) is 2.80. The van der Waals surface area contributed by atoms with Crippen molar-refractivity contribution in [3.05, 3.63) is 44.8 Å². The molecule has 24 heavy (non-hydrogen) atoms. The summed E-state index contributed by atoms with van der Waals surface area (Å²) in [6.45, 7) is 0. The zero-order chi connectivity index (χ0) is 17.3. The van der Waals surface area contributed by atoms with Crippen molar-refractivity contribution in [3.8, 4) is 11.4 Å². The summed E-state index contributed by atoms with van der Waals surface area (Å²) >= 11 is 5.29. The minimum atomic E-state index is -4.44. The molecule has 0 aliphatic heterocycles. The van der Waals surface area contributed by atoms with Gasteiger partial charge in [0, 0.05) is 22.5 Å². The number of hydrogen-bond donors (Lipinski definition) is 1. The minimum absolute atomic E-state index is 0.112. The van der Waals surface area contributed by atoms with Crippen molar-refractivity contribution >= 4 is 49.8 Å². The van der Waals surface area contributed by atoms with Crippen molar-refractivity contribution in [2.45, 2.75) is 6.18 Å². The molecule has 0 atom stereocenters. The van der Waals surface area contributed by atoms with Gasteiger partial charge in [-0.3, -0.25) is 10.1 Å². The molecule has 124 valence electrons. The third-order valence-corrected chi connectivity index (χ3v) is 4.80. The highest BCUT2D eigenvalue weighted by atomic mass is 79.9. The average molecular weight is 435 g/mol. The fourth-order valence-electron chi connectivity index (χ4n) is 1.74. The Balaban J connectivity index is 1.80. The van der Waals surface area contributed by atoms with Crippen molar-refractivity contribution in [1.82, 2.24) is 14.3 Å². The number of benzene rings is 1. The molecule has 2 aromatic heterocycles. The van der Waals surface area contributed by atoms with Crippen LogP contribution in [0, 0.1) is 0 Å². The lowest BCUT2D eigenvalue weighted by Crippen LogP contribution is -2.11. The van der Waals surface area contributed by atoms with Crippen LogP contribution < -0.4 is 5.32 Å². The molecule has 0 saturated carbocycles. The average Bonchev–Trinajstić information content (AvgIpc) is 3.16. The Morgan fingerprint density at radius 3 is 2.71 bits per heavy atom. The highest BCUT2D eigenvalue weighted by Gasteiger charge is 2.30.